The molecule has 0 radical (unpaired) electrons. The molecule has 0 spiro atoms. The molecule has 1 saturated carbocycles. The summed E-state index contributed by atoms with van der Waals surface area (Å²) in [6.07, 6.45) is 7.07. The zero-order valence-corrected chi connectivity index (χ0v) is 18.3. The molecule has 1 aliphatic heterocycles. The topological polar surface area (TPSA) is 97.9 Å². The fourth-order valence-electron chi connectivity index (χ4n) is 4.03. The third-order valence-corrected chi connectivity index (χ3v) is 6.06. The van der Waals surface area contributed by atoms with Crippen molar-refractivity contribution in [3.8, 4) is 11.9 Å². The van der Waals surface area contributed by atoms with Gasteiger partial charge in [0.25, 0.3) is 0 Å². The minimum absolute atomic E-state index is 0.125. The second-order valence-corrected chi connectivity index (χ2v) is 9.22. The van der Waals surface area contributed by atoms with Crippen molar-refractivity contribution in [1.29, 1.82) is 5.26 Å². The monoisotopic (exact) mass is 430 g/mol. The molecule has 3 heterocycles. The van der Waals surface area contributed by atoms with Gasteiger partial charge in [-0.15, -0.1) is 0 Å². The molecule has 0 aromatic carbocycles. The lowest BCUT2D eigenvalue weighted by molar-refractivity contribution is -0.0787. The van der Waals surface area contributed by atoms with E-state index in [9.17, 15) is 0 Å². The van der Waals surface area contributed by atoms with Crippen LogP contribution in [-0.4, -0.2) is 38.6 Å². The Morgan fingerprint density at radius 1 is 1.43 bits per heavy atom. The quantitative estimate of drug-likeness (QED) is 0.723. The third kappa shape index (κ3) is 4.68. The summed E-state index contributed by atoms with van der Waals surface area (Å²) < 4.78 is 13.6. The minimum atomic E-state index is -0.125. The van der Waals surface area contributed by atoms with Crippen molar-refractivity contribution in [2.24, 2.45) is 11.8 Å². The zero-order valence-electron chi connectivity index (χ0n) is 17.6. The number of ether oxygens (including phenoxy) is 2. The summed E-state index contributed by atoms with van der Waals surface area (Å²) >= 11 is 6.26. The molecule has 9 heteroatoms. The molecule has 1 atom stereocenters. The fourth-order valence-corrected chi connectivity index (χ4v) is 4.18. The van der Waals surface area contributed by atoms with Crippen molar-refractivity contribution in [1.82, 2.24) is 19.7 Å². The molecule has 2 fully saturated rings. The van der Waals surface area contributed by atoms with Crippen LogP contribution in [0.5, 0.6) is 5.88 Å². The van der Waals surface area contributed by atoms with E-state index in [1.165, 1.54) is 0 Å². The van der Waals surface area contributed by atoms with Gasteiger partial charge in [-0.05, 0) is 52.4 Å². The summed E-state index contributed by atoms with van der Waals surface area (Å²) in [5, 5.41) is 17.1. The summed E-state index contributed by atoms with van der Waals surface area (Å²) in [6.45, 7) is 7.42. The highest BCUT2D eigenvalue weighted by atomic mass is 35.5. The SMILES string of the molecule is Cc1nn(C2CC(C#N)C2)cc1Nc1ncc(Cl)c(OCC2CCOC(C)(C)C2)n1. The van der Waals surface area contributed by atoms with Crippen molar-refractivity contribution in [3.05, 3.63) is 23.1 Å². The first-order chi connectivity index (χ1) is 14.3. The third-order valence-electron chi connectivity index (χ3n) is 5.80. The molecule has 30 heavy (non-hydrogen) atoms. The number of aryl methyl sites for hydroxylation is 1. The Labute approximate surface area is 181 Å². The average molecular weight is 431 g/mol. The van der Waals surface area contributed by atoms with Crippen LogP contribution in [0.15, 0.2) is 12.4 Å². The number of nitriles is 1. The molecule has 160 valence electrons. The lowest BCUT2D eigenvalue weighted by Crippen LogP contribution is -2.36. The van der Waals surface area contributed by atoms with Crippen molar-refractivity contribution < 1.29 is 9.47 Å². The minimum Gasteiger partial charge on any atom is -0.476 e. The number of halogens is 1. The Kier molecular flexibility index (Phi) is 5.85. The van der Waals surface area contributed by atoms with Gasteiger partial charge >= 0.3 is 0 Å². The number of hydrogen-bond donors (Lipinski definition) is 1. The highest BCUT2D eigenvalue weighted by molar-refractivity contribution is 6.31. The number of nitrogens with zero attached hydrogens (tertiary/aromatic N) is 5. The summed E-state index contributed by atoms with van der Waals surface area (Å²) in [5.74, 6) is 1.32. The van der Waals surface area contributed by atoms with Crippen molar-refractivity contribution in [3.63, 3.8) is 0 Å². The van der Waals surface area contributed by atoms with Gasteiger partial charge in [0.2, 0.25) is 11.8 Å². The molecule has 0 bridgehead atoms. The summed E-state index contributed by atoms with van der Waals surface area (Å²) in [4.78, 5) is 8.73. The standard InChI is InChI=1S/C21H27ClN6O2/c1-13-18(11-28(27-13)16-6-15(7-16)9-23)25-20-24-10-17(22)19(26-20)29-12-14-4-5-30-21(2,3)8-14/h10-11,14-16H,4-8,12H2,1-3H3,(H,24,25,26). The Balaban J connectivity index is 1.40. The molecular weight excluding hydrogens is 404 g/mol. The van der Waals surface area contributed by atoms with Crippen LogP contribution in [0.4, 0.5) is 11.6 Å². The Hall–Kier alpha value is -2.37. The summed E-state index contributed by atoms with van der Waals surface area (Å²) in [6, 6.07) is 2.58. The largest absolute Gasteiger partial charge is 0.476 e. The van der Waals surface area contributed by atoms with Crippen LogP contribution in [0.2, 0.25) is 5.02 Å². The van der Waals surface area contributed by atoms with Crippen molar-refractivity contribution in [2.75, 3.05) is 18.5 Å². The van der Waals surface area contributed by atoms with E-state index in [0.29, 0.717) is 29.4 Å². The van der Waals surface area contributed by atoms with E-state index < -0.39 is 0 Å². The number of nitrogens with one attached hydrogen (secondary N) is 1. The van der Waals surface area contributed by atoms with Crippen LogP contribution < -0.4 is 10.1 Å². The Morgan fingerprint density at radius 2 is 2.23 bits per heavy atom. The Morgan fingerprint density at radius 3 is 2.97 bits per heavy atom. The number of aromatic nitrogens is 4. The molecule has 1 aliphatic carbocycles. The number of hydrogen-bond acceptors (Lipinski definition) is 7. The second-order valence-electron chi connectivity index (χ2n) is 8.81. The first kappa shape index (κ1) is 20.9. The molecule has 1 unspecified atom stereocenters. The molecule has 2 aromatic heterocycles. The van der Waals surface area contributed by atoms with Crippen molar-refractivity contribution >= 4 is 23.2 Å². The van der Waals surface area contributed by atoms with Crippen LogP contribution in [-0.2, 0) is 4.74 Å². The predicted octanol–water partition coefficient (Wildman–Crippen LogP) is 4.44. The Bertz CT molecular complexity index is 947. The highest BCUT2D eigenvalue weighted by Gasteiger charge is 2.31. The maximum Gasteiger partial charge on any atom is 0.237 e. The average Bonchev–Trinajstić information content (AvgIpc) is 3.00. The van der Waals surface area contributed by atoms with E-state index in [1.54, 1.807) is 6.20 Å². The van der Waals surface area contributed by atoms with E-state index in [2.05, 4.69) is 40.3 Å². The zero-order chi connectivity index (χ0) is 21.3. The molecule has 8 nitrogen and oxygen atoms in total. The van der Waals surface area contributed by atoms with Gasteiger partial charge in [0, 0.05) is 12.8 Å². The summed E-state index contributed by atoms with van der Waals surface area (Å²) in [5.41, 5.74) is 1.55. The molecule has 4 rings (SSSR count). The lowest BCUT2D eigenvalue weighted by atomic mass is 9.81. The molecule has 1 N–H and O–H groups in total. The van der Waals surface area contributed by atoms with Crippen LogP contribution >= 0.6 is 11.6 Å². The molecule has 2 aromatic rings. The van der Waals surface area contributed by atoms with Gasteiger partial charge < -0.3 is 14.8 Å². The highest BCUT2D eigenvalue weighted by Crippen LogP contribution is 2.38. The van der Waals surface area contributed by atoms with Crippen LogP contribution in [0.1, 0.15) is 51.3 Å². The predicted molar refractivity (Wildman–Crippen MR) is 113 cm³/mol. The molecular formula is C21H27ClN6O2. The molecule has 0 amide bonds. The van der Waals surface area contributed by atoms with Crippen LogP contribution in [0.3, 0.4) is 0 Å². The van der Waals surface area contributed by atoms with Gasteiger partial charge in [-0.25, -0.2) is 4.98 Å². The van der Waals surface area contributed by atoms with Gasteiger partial charge in [-0.1, -0.05) is 11.6 Å². The first-order valence-electron chi connectivity index (χ1n) is 10.3. The molecule has 2 aliphatic rings. The van der Waals surface area contributed by atoms with Gasteiger partial charge in [-0.2, -0.15) is 15.3 Å². The van der Waals surface area contributed by atoms with E-state index in [1.807, 2.05) is 17.8 Å². The van der Waals surface area contributed by atoms with Gasteiger partial charge in [0.1, 0.15) is 5.02 Å². The maximum absolute atomic E-state index is 8.97. The normalized spacial score (nSPS) is 25.2. The maximum atomic E-state index is 8.97. The molecule has 1 saturated heterocycles. The summed E-state index contributed by atoms with van der Waals surface area (Å²) in [7, 11) is 0. The number of rotatable bonds is 6. The van der Waals surface area contributed by atoms with Crippen LogP contribution in [0, 0.1) is 30.1 Å². The van der Waals surface area contributed by atoms with E-state index in [-0.39, 0.29) is 17.6 Å². The van der Waals surface area contributed by atoms with Gasteiger partial charge in [0.15, 0.2) is 0 Å². The van der Waals surface area contributed by atoms with E-state index >= 15 is 0 Å². The number of anilines is 2. The van der Waals surface area contributed by atoms with Gasteiger partial charge in [0.05, 0.1) is 47.8 Å². The fraction of sp³-hybridized carbons (Fsp3) is 0.619. The van der Waals surface area contributed by atoms with E-state index in [0.717, 1.165) is 43.7 Å². The smallest absolute Gasteiger partial charge is 0.237 e. The second kappa shape index (κ2) is 8.40. The first-order valence-corrected chi connectivity index (χ1v) is 10.7. The van der Waals surface area contributed by atoms with Crippen LogP contribution in [0.25, 0.3) is 0 Å². The lowest BCUT2D eigenvalue weighted by Gasteiger charge is -2.35. The van der Waals surface area contributed by atoms with E-state index in [4.69, 9.17) is 26.3 Å². The van der Waals surface area contributed by atoms with Crippen molar-refractivity contribution in [2.45, 2.75) is 58.1 Å². The van der Waals surface area contributed by atoms with Gasteiger partial charge in [-0.3, -0.25) is 4.68 Å².